The second-order valence-corrected chi connectivity index (χ2v) is 9.47. The van der Waals surface area contributed by atoms with Gasteiger partial charge in [-0.25, -0.2) is 4.79 Å². The van der Waals surface area contributed by atoms with Gasteiger partial charge in [0.2, 0.25) is 0 Å². The van der Waals surface area contributed by atoms with Crippen LogP contribution in [0.15, 0.2) is 24.3 Å². The number of esters is 1. The lowest BCUT2D eigenvalue weighted by Crippen LogP contribution is -2.37. The normalized spacial score (nSPS) is 26.8. The highest BCUT2D eigenvalue weighted by molar-refractivity contribution is 5.90. The number of nitrogens with zero attached hydrogens (tertiary/aromatic N) is 2. The van der Waals surface area contributed by atoms with Crippen LogP contribution in [0.5, 0.6) is 0 Å². The Balaban J connectivity index is 1.29. The zero-order valence-electron chi connectivity index (χ0n) is 18.2. The number of benzene rings is 1. The van der Waals surface area contributed by atoms with Crippen LogP contribution < -0.4 is 15.1 Å². The molecule has 3 aliphatic rings. The summed E-state index contributed by atoms with van der Waals surface area (Å²) in [5.74, 6) is -0.910. The lowest BCUT2D eigenvalue weighted by molar-refractivity contribution is -0.157. The van der Waals surface area contributed by atoms with Gasteiger partial charge in [0.05, 0.1) is 19.0 Å². The first-order valence-corrected chi connectivity index (χ1v) is 10.7. The van der Waals surface area contributed by atoms with E-state index in [2.05, 4.69) is 10.2 Å². The summed E-state index contributed by atoms with van der Waals surface area (Å²) >= 11 is 0. The molecule has 1 aliphatic carbocycles. The molecular weight excluding hydrogens is 424 g/mol. The van der Waals surface area contributed by atoms with Crippen LogP contribution in [0, 0.1) is 17.8 Å². The minimum atomic E-state index is -3.10. The Morgan fingerprint density at radius 3 is 2.28 bits per heavy atom. The van der Waals surface area contributed by atoms with Gasteiger partial charge in [0.1, 0.15) is 11.7 Å². The van der Waals surface area contributed by atoms with Gasteiger partial charge in [0.15, 0.2) is 0 Å². The Labute approximate surface area is 184 Å². The van der Waals surface area contributed by atoms with Crippen LogP contribution in [-0.2, 0) is 19.1 Å². The van der Waals surface area contributed by atoms with Crippen LogP contribution in [-0.4, -0.2) is 62.3 Å². The fourth-order valence-corrected chi connectivity index (χ4v) is 4.43. The molecule has 1 saturated carbocycles. The van der Waals surface area contributed by atoms with Crippen LogP contribution >= 0.6 is 0 Å². The number of anilines is 2. The van der Waals surface area contributed by atoms with Gasteiger partial charge in [-0.2, -0.15) is 8.78 Å². The molecule has 32 heavy (non-hydrogen) atoms. The Hall–Kier alpha value is -2.91. The van der Waals surface area contributed by atoms with Crippen molar-refractivity contribution in [2.45, 2.75) is 38.9 Å². The fourth-order valence-electron chi connectivity index (χ4n) is 4.43. The molecule has 0 bridgehead atoms. The number of fused-ring (bicyclic) bond motifs is 1. The summed E-state index contributed by atoms with van der Waals surface area (Å²) in [6, 6.07) is 7.40. The summed E-state index contributed by atoms with van der Waals surface area (Å²) in [6.45, 7) is 7.17. The van der Waals surface area contributed by atoms with Crippen LogP contribution in [0.1, 0.15) is 20.8 Å². The topological polar surface area (TPSA) is 88.2 Å². The lowest BCUT2D eigenvalue weighted by atomic mass is 10.2. The van der Waals surface area contributed by atoms with Crippen molar-refractivity contribution in [3.8, 4) is 0 Å². The van der Waals surface area contributed by atoms with Gasteiger partial charge in [-0.05, 0) is 56.9 Å². The Morgan fingerprint density at radius 1 is 1.12 bits per heavy atom. The number of hydrogen-bond acceptors (Lipinski definition) is 6. The predicted molar refractivity (Wildman–Crippen MR) is 112 cm³/mol. The number of amides is 2. The maximum atomic E-state index is 12.3. The first kappa shape index (κ1) is 22.3. The number of ether oxygens (including phenoxy) is 2. The highest BCUT2D eigenvalue weighted by Gasteiger charge is 2.60. The van der Waals surface area contributed by atoms with Crippen molar-refractivity contribution in [3.63, 3.8) is 0 Å². The van der Waals surface area contributed by atoms with Crippen molar-refractivity contribution in [1.29, 1.82) is 0 Å². The molecule has 1 aromatic carbocycles. The SMILES string of the molecule is CC(C)(C)OC(=O)C1C2CN(c3ccc(N4C[C@H](CNC(=O)C(F)F)OC4=O)cc3)CC21. The van der Waals surface area contributed by atoms with Gasteiger partial charge in [-0.3, -0.25) is 14.5 Å². The molecule has 174 valence electrons. The monoisotopic (exact) mass is 451 g/mol. The summed E-state index contributed by atoms with van der Waals surface area (Å²) in [7, 11) is 0. The third kappa shape index (κ3) is 4.63. The smallest absolute Gasteiger partial charge is 0.414 e. The molecule has 3 atom stereocenters. The van der Waals surface area contributed by atoms with Gasteiger partial charge in [-0.1, -0.05) is 0 Å². The number of hydrogen-bond donors (Lipinski definition) is 1. The number of rotatable bonds is 6. The molecule has 1 aromatic rings. The van der Waals surface area contributed by atoms with Crippen molar-refractivity contribution in [1.82, 2.24) is 5.32 Å². The molecule has 0 radical (unpaired) electrons. The number of cyclic esters (lactones) is 1. The average molecular weight is 451 g/mol. The number of alkyl halides is 2. The molecule has 2 unspecified atom stereocenters. The summed E-state index contributed by atoms with van der Waals surface area (Å²) in [6.07, 6.45) is -4.39. The Bertz CT molecular complexity index is 890. The molecule has 3 fully saturated rings. The van der Waals surface area contributed by atoms with E-state index in [1.54, 1.807) is 12.1 Å². The summed E-state index contributed by atoms with van der Waals surface area (Å²) in [5, 5.41) is 2.06. The number of halogens is 2. The van der Waals surface area contributed by atoms with E-state index in [4.69, 9.17) is 9.47 Å². The summed E-state index contributed by atoms with van der Waals surface area (Å²) in [4.78, 5) is 39.0. The van der Waals surface area contributed by atoms with Gasteiger partial charge in [0.25, 0.3) is 5.91 Å². The van der Waals surface area contributed by atoms with E-state index in [1.807, 2.05) is 32.9 Å². The molecule has 2 aliphatic heterocycles. The quantitative estimate of drug-likeness (QED) is 0.669. The molecule has 1 N–H and O–H groups in total. The van der Waals surface area contributed by atoms with Gasteiger partial charge in [-0.15, -0.1) is 0 Å². The highest BCUT2D eigenvalue weighted by Crippen LogP contribution is 2.53. The van der Waals surface area contributed by atoms with E-state index in [1.165, 1.54) is 4.90 Å². The van der Waals surface area contributed by atoms with E-state index in [0.717, 1.165) is 18.8 Å². The average Bonchev–Trinajstić information content (AvgIpc) is 3.03. The minimum Gasteiger partial charge on any atom is -0.460 e. The second-order valence-electron chi connectivity index (χ2n) is 9.47. The molecule has 0 aromatic heterocycles. The van der Waals surface area contributed by atoms with Gasteiger partial charge >= 0.3 is 18.5 Å². The molecule has 0 spiro atoms. The van der Waals surface area contributed by atoms with Crippen LogP contribution in [0.3, 0.4) is 0 Å². The molecular formula is C22H27F2N3O5. The van der Waals surface area contributed by atoms with E-state index >= 15 is 0 Å². The molecule has 2 heterocycles. The zero-order valence-corrected chi connectivity index (χ0v) is 18.2. The van der Waals surface area contributed by atoms with Crippen molar-refractivity contribution in [2.75, 3.05) is 36.0 Å². The summed E-state index contributed by atoms with van der Waals surface area (Å²) in [5.41, 5.74) is 1.14. The molecule has 2 amide bonds. The second kappa shape index (κ2) is 8.22. The fraction of sp³-hybridized carbons (Fsp3) is 0.591. The molecule has 4 rings (SSSR count). The maximum Gasteiger partial charge on any atom is 0.414 e. The van der Waals surface area contributed by atoms with Gasteiger partial charge < -0.3 is 19.7 Å². The molecule has 2 saturated heterocycles. The van der Waals surface area contributed by atoms with Crippen molar-refractivity contribution < 1.29 is 32.6 Å². The number of carbonyl (C=O) groups excluding carboxylic acids is 3. The van der Waals surface area contributed by atoms with Crippen LogP contribution in [0.25, 0.3) is 0 Å². The molecule has 8 nitrogen and oxygen atoms in total. The highest BCUT2D eigenvalue weighted by atomic mass is 19.3. The van der Waals surface area contributed by atoms with Crippen molar-refractivity contribution in [2.24, 2.45) is 17.8 Å². The van der Waals surface area contributed by atoms with Crippen molar-refractivity contribution >= 4 is 29.3 Å². The Morgan fingerprint density at radius 2 is 1.72 bits per heavy atom. The first-order valence-electron chi connectivity index (χ1n) is 10.7. The number of nitrogens with one attached hydrogen (secondary N) is 1. The van der Waals surface area contributed by atoms with Crippen molar-refractivity contribution in [3.05, 3.63) is 24.3 Å². The maximum absolute atomic E-state index is 12.3. The van der Waals surface area contributed by atoms with E-state index in [-0.39, 0.29) is 25.0 Å². The van der Waals surface area contributed by atoms with E-state index in [9.17, 15) is 23.2 Å². The third-order valence-corrected chi connectivity index (χ3v) is 5.98. The largest absolute Gasteiger partial charge is 0.460 e. The van der Waals surface area contributed by atoms with E-state index in [0.29, 0.717) is 17.5 Å². The number of piperidine rings is 1. The molecule has 10 heteroatoms. The minimum absolute atomic E-state index is 0.0217. The predicted octanol–water partition coefficient (Wildman–Crippen LogP) is 2.42. The third-order valence-electron chi connectivity index (χ3n) is 5.98. The zero-order chi connectivity index (χ0) is 23.2. The lowest BCUT2D eigenvalue weighted by Gasteiger charge is -2.24. The standard InChI is InChI=1S/C22H27F2N3O5/c1-22(2,3)32-20(29)17-15-10-26(11-16(15)17)12-4-6-13(7-5-12)27-9-14(31-21(27)30)8-25-19(28)18(23)24/h4-7,14-18H,8-11H2,1-3H3,(H,25,28)/t14-,15?,16?,17?/m0/s1. The number of carbonyl (C=O) groups is 3. The Kier molecular flexibility index (Phi) is 5.72. The van der Waals surface area contributed by atoms with E-state index < -0.39 is 30.1 Å². The van der Waals surface area contributed by atoms with Crippen LogP contribution in [0.2, 0.25) is 0 Å². The van der Waals surface area contributed by atoms with Crippen LogP contribution in [0.4, 0.5) is 25.0 Å². The van der Waals surface area contributed by atoms with Gasteiger partial charge in [0, 0.05) is 24.5 Å². The summed E-state index contributed by atoms with van der Waals surface area (Å²) < 4.78 is 35.2. The first-order chi connectivity index (χ1) is 15.0.